The molecule has 0 radical (unpaired) electrons. The Balaban J connectivity index is 1.41. The van der Waals surface area contributed by atoms with Crippen LogP contribution >= 0.6 is 0 Å². The van der Waals surface area contributed by atoms with Crippen molar-refractivity contribution in [2.45, 2.75) is 30.6 Å². The number of nitrogens with zero attached hydrogens (tertiary/aromatic N) is 2. The van der Waals surface area contributed by atoms with Gasteiger partial charge in [-0.2, -0.15) is 0 Å². The molecule has 0 saturated carbocycles. The molecule has 0 bridgehead atoms. The summed E-state index contributed by atoms with van der Waals surface area (Å²) in [4.78, 5) is 29.6. The van der Waals surface area contributed by atoms with Crippen molar-refractivity contribution in [2.24, 2.45) is 4.99 Å². The van der Waals surface area contributed by atoms with Crippen LogP contribution in [0.3, 0.4) is 0 Å². The van der Waals surface area contributed by atoms with Gasteiger partial charge in [-0.05, 0) is 25.0 Å². The molecule has 1 fully saturated rings. The zero-order valence-electron chi connectivity index (χ0n) is 14.4. The molecule has 2 aliphatic heterocycles. The van der Waals surface area contributed by atoms with Gasteiger partial charge in [0.05, 0.1) is 11.4 Å². The number of benzene rings is 1. The van der Waals surface area contributed by atoms with Gasteiger partial charge >= 0.3 is 0 Å². The van der Waals surface area contributed by atoms with E-state index in [1.165, 1.54) is 6.07 Å². The van der Waals surface area contributed by atoms with Gasteiger partial charge in [-0.1, -0.05) is 12.1 Å². The zero-order valence-corrected chi connectivity index (χ0v) is 15.2. The van der Waals surface area contributed by atoms with Crippen molar-refractivity contribution in [2.75, 3.05) is 26.2 Å². The van der Waals surface area contributed by atoms with Crippen molar-refractivity contribution in [1.29, 1.82) is 0 Å². The van der Waals surface area contributed by atoms with Crippen LogP contribution in [0.15, 0.2) is 34.2 Å². The Kier molecular flexibility index (Phi) is 5.55. The number of amidine groups is 1. The summed E-state index contributed by atoms with van der Waals surface area (Å²) in [6, 6.07) is 6.61. The summed E-state index contributed by atoms with van der Waals surface area (Å²) in [6.45, 7) is 2.18. The van der Waals surface area contributed by atoms with Gasteiger partial charge in [0.1, 0.15) is 5.84 Å². The van der Waals surface area contributed by atoms with E-state index in [0.29, 0.717) is 25.1 Å². The highest BCUT2D eigenvalue weighted by molar-refractivity contribution is 7.90. The summed E-state index contributed by atoms with van der Waals surface area (Å²) < 4.78 is 26.3. The fraction of sp³-hybridized carbons (Fsp3) is 0.471. The molecular weight excluding hydrogens is 356 g/mol. The third-order valence-electron chi connectivity index (χ3n) is 4.37. The van der Waals surface area contributed by atoms with Crippen molar-refractivity contribution in [1.82, 2.24) is 14.9 Å². The van der Waals surface area contributed by atoms with Crippen LogP contribution in [0.25, 0.3) is 0 Å². The molecule has 2 N–H and O–H groups in total. The first-order chi connectivity index (χ1) is 12.5. The number of amides is 2. The summed E-state index contributed by atoms with van der Waals surface area (Å²) in [5, 5.41) is 2.80. The molecule has 0 spiro atoms. The van der Waals surface area contributed by atoms with Crippen LogP contribution in [-0.4, -0.2) is 57.1 Å². The molecular formula is C17H22N4O4S. The molecule has 1 saturated heterocycles. The monoisotopic (exact) mass is 378 g/mol. The quantitative estimate of drug-likeness (QED) is 0.663. The number of likely N-dealkylation sites (tertiary alicyclic amines) is 1. The number of sulfonamides is 1. The van der Waals surface area contributed by atoms with Gasteiger partial charge in [-0.3, -0.25) is 19.3 Å². The average molecular weight is 378 g/mol. The van der Waals surface area contributed by atoms with Gasteiger partial charge in [0.25, 0.3) is 10.0 Å². The van der Waals surface area contributed by atoms with Gasteiger partial charge in [0.2, 0.25) is 11.8 Å². The molecule has 2 aliphatic rings. The number of hydrogen-bond donors (Lipinski definition) is 2. The van der Waals surface area contributed by atoms with E-state index in [-0.39, 0.29) is 35.5 Å². The molecule has 1 aromatic rings. The van der Waals surface area contributed by atoms with Crippen LogP contribution in [0.1, 0.15) is 31.2 Å². The number of nitrogens with one attached hydrogen (secondary N) is 2. The second-order valence-corrected chi connectivity index (χ2v) is 7.92. The summed E-state index contributed by atoms with van der Waals surface area (Å²) in [5.41, 5.74) is 0.531. The lowest BCUT2D eigenvalue weighted by atomic mass is 10.2. The fourth-order valence-corrected chi connectivity index (χ4v) is 4.30. The van der Waals surface area contributed by atoms with Gasteiger partial charge in [0, 0.05) is 38.0 Å². The second-order valence-electron chi connectivity index (χ2n) is 6.27. The number of hydrogen-bond acceptors (Lipinski definition) is 5. The summed E-state index contributed by atoms with van der Waals surface area (Å²) >= 11 is 0. The SMILES string of the molecule is O=C(CCN=C1NS(=O)(=O)c2ccccc21)NCCCN1CCCC1=O. The number of carbonyl (C=O) groups excluding carboxylic acids is 2. The first-order valence-corrected chi connectivity index (χ1v) is 10.2. The van der Waals surface area contributed by atoms with E-state index >= 15 is 0 Å². The van der Waals surface area contributed by atoms with Crippen molar-refractivity contribution in [3.63, 3.8) is 0 Å². The first kappa shape index (κ1) is 18.4. The van der Waals surface area contributed by atoms with Gasteiger partial charge in [0.15, 0.2) is 0 Å². The maximum Gasteiger partial charge on any atom is 0.263 e. The third-order valence-corrected chi connectivity index (χ3v) is 5.77. The lowest BCUT2D eigenvalue weighted by Gasteiger charge is -2.15. The van der Waals surface area contributed by atoms with E-state index in [9.17, 15) is 18.0 Å². The molecule has 8 nitrogen and oxygen atoms in total. The molecule has 0 aliphatic carbocycles. The minimum Gasteiger partial charge on any atom is -0.356 e. The van der Waals surface area contributed by atoms with Crippen LogP contribution in [0.4, 0.5) is 0 Å². The summed E-state index contributed by atoms with van der Waals surface area (Å²) in [7, 11) is -3.55. The van der Waals surface area contributed by atoms with Crippen LogP contribution in [-0.2, 0) is 19.6 Å². The van der Waals surface area contributed by atoms with Crippen LogP contribution in [0.2, 0.25) is 0 Å². The predicted octanol–water partition coefficient (Wildman–Crippen LogP) is 0.244. The molecule has 0 unspecified atom stereocenters. The highest BCUT2D eigenvalue weighted by atomic mass is 32.2. The molecule has 9 heteroatoms. The largest absolute Gasteiger partial charge is 0.356 e. The smallest absolute Gasteiger partial charge is 0.263 e. The van der Waals surface area contributed by atoms with Gasteiger partial charge in [-0.15, -0.1) is 0 Å². The zero-order chi connectivity index (χ0) is 18.6. The Bertz CT molecular complexity index is 835. The standard InChI is InChI=1S/C17H22N4O4S/c22-15(18-9-4-12-21-11-3-7-16(21)23)8-10-19-17-13-5-1-2-6-14(13)26(24,25)20-17/h1-2,5-6H,3-4,7-12H2,(H,18,22)(H,19,20). The van der Waals surface area contributed by atoms with Gasteiger partial charge < -0.3 is 10.2 Å². The lowest BCUT2D eigenvalue weighted by Crippen LogP contribution is -2.31. The third kappa shape index (κ3) is 4.21. The maximum absolute atomic E-state index is 12.0. The normalized spacial score (nSPS) is 19.5. The van der Waals surface area contributed by atoms with E-state index in [2.05, 4.69) is 15.0 Å². The molecule has 0 aromatic heterocycles. The van der Waals surface area contributed by atoms with Crippen molar-refractivity contribution >= 4 is 27.7 Å². The maximum atomic E-state index is 12.0. The Hall–Kier alpha value is -2.42. The van der Waals surface area contributed by atoms with Crippen molar-refractivity contribution in [3.8, 4) is 0 Å². The average Bonchev–Trinajstić information content (AvgIpc) is 3.13. The topological polar surface area (TPSA) is 108 Å². The number of fused-ring (bicyclic) bond motifs is 1. The van der Waals surface area contributed by atoms with Gasteiger partial charge in [-0.25, -0.2) is 8.42 Å². The Labute approximate surface area is 152 Å². The van der Waals surface area contributed by atoms with Crippen LogP contribution < -0.4 is 10.0 Å². The van der Waals surface area contributed by atoms with E-state index < -0.39 is 10.0 Å². The predicted molar refractivity (Wildman–Crippen MR) is 96.2 cm³/mol. The Morgan fingerprint density at radius 3 is 2.88 bits per heavy atom. The summed E-state index contributed by atoms with van der Waals surface area (Å²) in [6.07, 6.45) is 2.44. The first-order valence-electron chi connectivity index (χ1n) is 8.68. The summed E-state index contributed by atoms with van der Waals surface area (Å²) in [5.74, 6) is 0.323. The molecule has 1 aromatic carbocycles. The number of carbonyl (C=O) groups is 2. The molecule has 3 rings (SSSR count). The second kappa shape index (κ2) is 7.86. The van der Waals surface area contributed by atoms with E-state index in [1.807, 2.05) is 4.90 Å². The molecule has 2 heterocycles. The van der Waals surface area contributed by atoms with E-state index in [0.717, 1.165) is 19.4 Å². The minimum absolute atomic E-state index is 0.142. The Morgan fingerprint density at radius 2 is 2.12 bits per heavy atom. The Morgan fingerprint density at radius 1 is 1.31 bits per heavy atom. The highest BCUT2D eigenvalue weighted by Crippen LogP contribution is 2.22. The molecule has 26 heavy (non-hydrogen) atoms. The van der Waals surface area contributed by atoms with Crippen LogP contribution in [0.5, 0.6) is 0 Å². The lowest BCUT2D eigenvalue weighted by molar-refractivity contribution is -0.127. The van der Waals surface area contributed by atoms with E-state index in [1.54, 1.807) is 18.2 Å². The van der Waals surface area contributed by atoms with E-state index in [4.69, 9.17) is 0 Å². The number of rotatable bonds is 7. The van der Waals surface area contributed by atoms with Crippen molar-refractivity contribution in [3.05, 3.63) is 29.8 Å². The molecule has 2 amide bonds. The molecule has 140 valence electrons. The van der Waals surface area contributed by atoms with Crippen molar-refractivity contribution < 1.29 is 18.0 Å². The fourth-order valence-electron chi connectivity index (χ4n) is 3.05. The van der Waals surface area contributed by atoms with Crippen LogP contribution in [0, 0.1) is 0 Å². The highest BCUT2D eigenvalue weighted by Gasteiger charge is 2.29. The molecule has 0 atom stereocenters. The number of aliphatic imine (C=N–C) groups is 1. The minimum atomic E-state index is -3.55.